The summed E-state index contributed by atoms with van der Waals surface area (Å²) in [6.07, 6.45) is -1.32. The van der Waals surface area contributed by atoms with Gasteiger partial charge >= 0.3 is 23.9 Å². The summed E-state index contributed by atoms with van der Waals surface area (Å²) in [5.41, 5.74) is 0.150. The van der Waals surface area contributed by atoms with Crippen LogP contribution >= 0.6 is 0 Å². The Balaban J connectivity index is 3.92. The number of alkyl halides is 4. The topological polar surface area (TPSA) is 64.6 Å². The molecule has 1 amide bonds. The van der Waals surface area contributed by atoms with Gasteiger partial charge in [-0.2, -0.15) is 8.78 Å². The largest absolute Gasteiger partial charge is 0.460 e. The van der Waals surface area contributed by atoms with E-state index >= 15 is 0 Å². The third kappa shape index (κ3) is 6.39. The lowest BCUT2D eigenvalue weighted by Gasteiger charge is -2.22. The molecule has 1 N–H and O–H groups in total. The van der Waals surface area contributed by atoms with Crippen LogP contribution in [0.1, 0.15) is 13.8 Å². The van der Waals surface area contributed by atoms with E-state index in [1.807, 2.05) is 5.32 Å². The first-order chi connectivity index (χ1) is 8.97. The van der Waals surface area contributed by atoms with Crippen molar-refractivity contribution in [1.82, 2.24) is 5.32 Å². The van der Waals surface area contributed by atoms with Crippen molar-refractivity contribution in [2.24, 2.45) is 0 Å². The normalized spacial score (nSPS) is 11.7. The number of hydrogen-bond acceptors (Lipinski definition) is 4. The van der Waals surface area contributed by atoms with Crippen LogP contribution in [-0.4, -0.2) is 43.7 Å². The zero-order valence-electron chi connectivity index (χ0n) is 11.0. The van der Waals surface area contributed by atoms with Gasteiger partial charge in [0.15, 0.2) is 6.61 Å². The van der Waals surface area contributed by atoms with Crippen molar-refractivity contribution in [3.05, 3.63) is 12.2 Å². The highest BCUT2D eigenvalue weighted by Gasteiger charge is 2.53. The molecule has 0 rings (SSSR count). The average molecular weight is 301 g/mol. The number of rotatable bonds is 7. The van der Waals surface area contributed by atoms with Gasteiger partial charge in [-0.25, -0.2) is 18.4 Å². The van der Waals surface area contributed by atoms with Gasteiger partial charge in [-0.15, -0.1) is 0 Å². The molecule has 0 spiro atoms. The Labute approximate surface area is 112 Å². The van der Waals surface area contributed by atoms with Gasteiger partial charge in [-0.3, -0.25) is 0 Å². The summed E-state index contributed by atoms with van der Waals surface area (Å²) >= 11 is 0. The Morgan fingerprint density at radius 2 is 1.75 bits per heavy atom. The minimum Gasteiger partial charge on any atom is -0.460 e. The Morgan fingerprint density at radius 3 is 2.20 bits per heavy atom. The quantitative estimate of drug-likeness (QED) is 0.338. The molecule has 0 aromatic carbocycles. The van der Waals surface area contributed by atoms with Gasteiger partial charge in [0.1, 0.15) is 6.61 Å². The summed E-state index contributed by atoms with van der Waals surface area (Å²) in [6.45, 7) is 2.53. The van der Waals surface area contributed by atoms with Crippen LogP contribution in [0.4, 0.5) is 22.4 Å². The van der Waals surface area contributed by atoms with Crippen molar-refractivity contribution in [3.63, 3.8) is 0 Å². The summed E-state index contributed by atoms with van der Waals surface area (Å²) in [5.74, 6) is -9.45. The molecule has 20 heavy (non-hydrogen) atoms. The number of amides is 1. The highest BCUT2D eigenvalue weighted by molar-refractivity contribution is 5.86. The summed E-state index contributed by atoms with van der Waals surface area (Å²) in [5, 5.41) is 1.95. The van der Waals surface area contributed by atoms with Crippen LogP contribution in [0.2, 0.25) is 0 Å². The van der Waals surface area contributed by atoms with Crippen LogP contribution in [-0.2, 0) is 14.3 Å². The summed E-state index contributed by atoms with van der Waals surface area (Å²) < 4.78 is 58.8. The lowest BCUT2D eigenvalue weighted by atomic mass is 10.2. The first-order valence-electron chi connectivity index (χ1n) is 5.46. The Hall–Kier alpha value is -1.80. The third-order valence-electron chi connectivity index (χ3n) is 1.98. The first-order valence-corrected chi connectivity index (χ1v) is 5.46. The second-order valence-electron chi connectivity index (χ2n) is 4.01. The summed E-state index contributed by atoms with van der Waals surface area (Å²) in [4.78, 5) is 21.8. The molecule has 0 saturated carbocycles. The Bertz CT molecular complexity index is 379. The minimum absolute atomic E-state index is 0.0192. The van der Waals surface area contributed by atoms with Crippen LogP contribution < -0.4 is 5.32 Å². The van der Waals surface area contributed by atoms with E-state index in [9.17, 15) is 27.2 Å². The van der Waals surface area contributed by atoms with Gasteiger partial charge in [0, 0.05) is 12.5 Å². The van der Waals surface area contributed by atoms with Crippen LogP contribution in [0, 0.1) is 0 Å². The molecule has 5 nitrogen and oxygen atoms in total. The van der Waals surface area contributed by atoms with E-state index in [0.717, 1.165) is 0 Å². The van der Waals surface area contributed by atoms with Crippen LogP contribution in [0.3, 0.4) is 0 Å². The second kappa shape index (κ2) is 7.11. The smallest absolute Gasteiger partial charge is 0.407 e. The maximum atomic E-state index is 12.7. The minimum atomic E-state index is -4.46. The molecule has 0 saturated heterocycles. The average Bonchev–Trinajstić information content (AvgIpc) is 2.30. The molecule has 0 aromatic heterocycles. The second-order valence-corrected chi connectivity index (χ2v) is 4.01. The maximum absolute atomic E-state index is 12.7. The molecule has 0 atom stereocenters. The van der Waals surface area contributed by atoms with Crippen LogP contribution in [0.25, 0.3) is 0 Å². The molecule has 0 aliphatic rings. The lowest BCUT2D eigenvalue weighted by molar-refractivity contribution is -0.214. The summed E-state index contributed by atoms with van der Waals surface area (Å²) in [7, 11) is 0. The van der Waals surface area contributed by atoms with Crippen LogP contribution in [0.15, 0.2) is 12.2 Å². The molecule has 0 unspecified atom stereocenters. The van der Waals surface area contributed by atoms with Gasteiger partial charge in [0.05, 0.1) is 6.54 Å². The van der Waals surface area contributed by atoms with Gasteiger partial charge in [-0.1, -0.05) is 6.58 Å². The highest BCUT2D eigenvalue weighted by Crippen LogP contribution is 2.33. The SMILES string of the molecule is C=C(C)C(=O)OCCNC(=O)OCC(F)(F)C(C)(F)F. The van der Waals surface area contributed by atoms with E-state index in [1.165, 1.54) is 6.92 Å². The molecule has 116 valence electrons. The molecule has 0 aliphatic heterocycles. The number of nitrogens with one attached hydrogen (secondary N) is 1. The third-order valence-corrected chi connectivity index (χ3v) is 1.98. The first kappa shape index (κ1) is 18.2. The molecule has 0 heterocycles. The number of carbonyl (C=O) groups is 2. The monoisotopic (exact) mass is 301 g/mol. The molecule has 0 fully saturated rings. The van der Waals surface area contributed by atoms with E-state index in [0.29, 0.717) is 0 Å². The van der Waals surface area contributed by atoms with Gasteiger partial charge in [-0.05, 0) is 6.92 Å². The number of ether oxygens (including phenoxy) is 2. The van der Waals surface area contributed by atoms with Gasteiger partial charge in [0.2, 0.25) is 0 Å². The van der Waals surface area contributed by atoms with Crippen molar-refractivity contribution in [2.75, 3.05) is 19.8 Å². The lowest BCUT2D eigenvalue weighted by Crippen LogP contribution is -2.43. The molecular weight excluding hydrogens is 286 g/mol. The molecule has 0 aliphatic carbocycles. The molecule has 0 radical (unpaired) electrons. The number of carbonyl (C=O) groups excluding carboxylic acids is 2. The predicted octanol–water partition coefficient (Wildman–Crippen LogP) is 2.12. The molecule has 9 heteroatoms. The predicted molar refractivity (Wildman–Crippen MR) is 60.7 cm³/mol. The standard InChI is InChI=1S/C11H15F4NO4/c1-7(2)8(17)19-5-4-16-9(18)20-6-11(14,15)10(3,12)13/h1,4-6H2,2-3H3,(H,16,18). The van der Waals surface area contributed by atoms with Crippen molar-refractivity contribution in [2.45, 2.75) is 25.7 Å². The fourth-order valence-electron chi connectivity index (χ4n) is 0.754. The van der Waals surface area contributed by atoms with Crippen molar-refractivity contribution in [3.8, 4) is 0 Å². The fraction of sp³-hybridized carbons (Fsp3) is 0.636. The van der Waals surface area contributed by atoms with E-state index in [-0.39, 0.29) is 25.6 Å². The molecule has 0 bridgehead atoms. The zero-order chi connectivity index (χ0) is 16.0. The van der Waals surface area contributed by atoms with E-state index in [1.54, 1.807) is 0 Å². The number of esters is 1. The van der Waals surface area contributed by atoms with E-state index < -0.39 is 30.5 Å². The Kier molecular flexibility index (Phi) is 6.47. The van der Waals surface area contributed by atoms with Gasteiger partial charge < -0.3 is 14.8 Å². The van der Waals surface area contributed by atoms with Crippen molar-refractivity contribution in [1.29, 1.82) is 0 Å². The molecule has 0 aromatic rings. The fourth-order valence-corrected chi connectivity index (χ4v) is 0.754. The Morgan fingerprint density at radius 1 is 1.20 bits per heavy atom. The number of alkyl carbamates (subject to hydrolysis) is 1. The van der Waals surface area contributed by atoms with Crippen molar-refractivity contribution < 1.29 is 36.6 Å². The maximum Gasteiger partial charge on any atom is 0.407 e. The zero-order valence-corrected chi connectivity index (χ0v) is 11.0. The number of hydrogen-bond donors (Lipinski definition) is 1. The number of halogens is 4. The van der Waals surface area contributed by atoms with Crippen LogP contribution in [0.5, 0.6) is 0 Å². The van der Waals surface area contributed by atoms with Crippen molar-refractivity contribution >= 4 is 12.1 Å². The summed E-state index contributed by atoms with van der Waals surface area (Å²) in [6, 6.07) is 0. The van der Waals surface area contributed by atoms with Gasteiger partial charge in [0.25, 0.3) is 0 Å². The van der Waals surface area contributed by atoms with E-state index in [4.69, 9.17) is 0 Å². The molecular formula is C11H15F4NO4. The van der Waals surface area contributed by atoms with E-state index in [2.05, 4.69) is 16.1 Å². The highest BCUT2D eigenvalue weighted by atomic mass is 19.3.